The van der Waals surface area contributed by atoms with Gasteiger partial charge in [0.15, 0.2) is 0 Å². The van der Waals surface area contributed by atoms with Gasteiger partial charge in [0.05, 0.1) is 6.29 Å². The second-order valence-electron chi connectivity index (χ2n) is 3.93. The van der Waals surface area contributed by atoms with E-state index in [0.29, 0.717) is 6.54 Å². The van der Waals surface area contributed by atoms with Gasteiger partial charge in [-0.3, -0.25) is 4.57 Å². The fourth-order valence-electron chi connectivity index (χ4n) is 1.79. The molecule has 0 atom stereocenters. The number of hydrogen-bond acceptors (Lipinski definition) is 2. The third-order valence-electron chi connectivity index (χ3n) is 2.56. The number of aromatic amines is 1. The van der Waals surface area contributed by atoms with Crippen molar-refractivity contribution in [3.8, 4) is 0 Å². The van der Waals surface area contributed by atoms with E-state index in [9.17, 15) is 4.57 Å². The van der Waals surface area contributed by atoms with E-state index in [-0.39, 0.29) is 6.29 Å². The highest BCUT2D eigenvalue weighted by atomic mass is 31.2. The number of hydrogen-bond donors (Lipinski definition) is 4. The number of aromatic nitrogens is 1. The molecule has 2 aromatic rings. The molecule has 1 aromatic heterocycles. The van der Waals surface area contributed by atoms with E-state index in [1.54, 1.807) is 0 Å². The highest BCUT2D eigenvalue weighted by Crippen LogP contribution is 2.31. The van der Waals surface area contributed by atoms with Crippen LogP contribution >= 0.6 is 7.60 Å². The first-order chi connectivity index (χ1) is 8.06. The second kappa shape index (κ2) is 5.02. The molecule has 6 heteroatoms. The molecule has 0 aliphatic heterocycles. The Labute approximate surface area is 99.0 Å². The van der Waals surface area contributed by atoms with E-state index in [2.05, 4.69) is 10.3 Å². The summed E-state index contributed by atoms with van der Waals surface area (Å²) in [5.41, 5.74) is 2.23. The van der Waals surface area contributed by atoms with E-state index >= 15 is 0 Å². The summed E-state index contributed by atoms with van der Waals surface area (Å²) in [4.78, 5) is 20.5. The number of benzene rings is 1. The minimum Gasteiger partial charge on any atom is -0.361 e. The number of fused-ring (bicyclic) bond motifs is 1. The zero-order valence-corrected chi connectivity index (χ0v) is 10.2. The Hall–Kier alpha value is -1.13. The van der Waals surface area contributed by atoms with Gasteiger partial charge in [0, 0.05) is 17.1 Å². The van der Waals surface area contributed by atoms with E-state index < -0.39 is 7.60 Å². The lowest BCUT2D eigenvalue weighted by Gasteiger charge is -2.05. The summed E-state index contributed by atoms with van der Waals surface area (Å²) < 4.78 is 10.6. The van der Waals surface area contributed by atoms with Gasteiger partial charge in [-0.05, 0) is 24.6 Å². The van der Waals surface area contributed by atoms with Crippen molar-refractivity contribution in [3.05, 3.63) is 36.0 Å². The Balaban J connectivity index is 1.93. The molecular weight excluding hydrogens is 239 g/mol. The summed E-state index contributed by atoms with van der Waals surface area (Å²) in [7, 11) is -3.94. The predicted molar refractivity (Wildman–Crippen MR) is 66.9 cm³/mol. The topological polar surface area (TPSA) is 85.3 Å². The van der Waals surface area contributed by atoms with E-state index in [1.165, 1.54) is 0 Å². The van der Waals surface area contributed by atoms with Crippen LogP contribution in [0.5, 0.6) is 0 Å². The van der Waals surface area contributed by atoms with Crippen molar-refractivity contribution in [3.63, 3.8) is 0 Å². The van der Waals surface area contributed by atoms with Gasteiger partial charge in [0.2, 0.25) is 0 Å². The predicted octanol–water partition coefficient (Wildman–Crippen LogP) is 1.44. The average Bonchev–Trinajstić information content (AvgIpc) is 2.67. The van der Waals surface area contributed by atoms with Crippen LogP contribution in [0.3, 0.4) is 0 Å². The highest BCUT2D eigenvalue weighted by molar-refractivity contribution is 7.51. The summed E-state index contributed by atoms with van der Waals surface area (Å²) in [5.74, 6) is 0. The van der Waals surface area contributed by atoms with Crippen molar-refractivity contribution < 1.29 is 14.4 Å². The highest BCUT2D eigenvalue weighted by Gasteiger charge is 2.11. The fraction of sp³-hybridized carbons (Fsp3) is 0.273. The molecule has 0 spiro atoms. The standard InChI is InChI=1S/C11H15N2O3P/c14-17(15,16)8-12-6-5-9-7-13-11-4-2-1-3-10(9)11/h1-4,7,12-13H,5-6,8H2,(H2,14,15,16). The Kier molecular flexibility index (Phi) is 3.64. The monoisotopic (exact) mass is 254 g/mol. The molecule has 0 saturated heterocycles. The Morgan fingerprint density at radius 3 is 2.82 bits per heavy atom. The molecule has 92 valence electrons. The SMILES string of the molecule is O=P(O)(O)CNCCc1c[nH]c2ccccc12. The lowest BCUT2D eigenvalue weighted by Crippen LogP contribution is -2.18. The molecule has 1 aromatic carbocycles. The van der Waals surface area contributed by atoms with E-state index in [0.717, 1.165) is 22.9 Å². The molecule has 0 aliphatic rings. The van der Waals surface area contributed by atoms with Crippen molar-refractivity contribution in [1.82, 2.24) is 10.3 Å². The third kappa shape index (κ3) is 3.41. The van der Waals surface area contributed by atoms with Crippen molar-refractivity contribution >= 4 is 18.5 Å². The molecule has 0 saturated carbocycles. The summed E-state index contributed by atoms with van der Waals surface area (Å²) in [6.07, 6.45) is 2.41. The number of nitrogens with one attached hydrogen (secondary N) is 2. The fourth-order valence-corrected chi connectivity index (χ4v) is 2.24. The summed E-state index contributed by atoms with van der Waals surface area (Å²) in [6, 6.07) is 7.98. The van der Waals surface area contributed by atoms with Crippen molar-refractivity contribution in [2.24, 2.45) is 0 Å². The zero-order chi connectivity index (χ0) is 12.3. The molecule has 0 radical (unpaired) electrons. The Bertz CT molecular complexity index is 546. The first-order valence-corrected chi connectivity index (χ1v) is 7.16. The lowest BCUT2D eigenvalue weighted by atomic mass is 10.1. The maximum Gasteiger partial charge on any atom is 0.339 e. The molecule has 2 rings (SSSR count). The number of H-pyrrole nitrogens is 1. The minimum absolute atomic E-state index is 0.268. The molecule has 0 bridgehead atoms. The molecule has 0 aliphatic carbocycles. The first-order valence-electron chi connectivity index (χ1n) is 5.36. The maximum absolute atomic E-state index is 10.6. The quantitative estimate of drug-likeness (QED) is 0.480. The molecule has 1 heterocycles. The largest absolute Gasteiger partial charge is 0.361 e. The summed E-state index contributed by atoms with van der Waals surface area (Å²) in [6.45, 7) is 0.549. The van der Waals surface area contributed by atoms with E-state index in [4.69, 9.17) is 9.79 Å². The van der Waals surface area contributed by atoms with Gasteiger partial charge in [-0.2, -0.15) is 0 Å². The van der Waals surface area contributed by atoms with Crippen LogP contribution in [0.15, 0.2) is 30.5 Å². The smallest absolute Gasteiger partial charge is 0.339 e. The molecule has 4 N–H and O–H groups in total. The lowest BCUT2D eigenvalue weighted by molar-refractivity contribution is 0.368. The molecular formula is C11H15N2O3P. The molecule has 5 nitrogen and oxygen atoms in total. The maximum atomic E-state index is 10.6. The van der Waals surface area contributed by atoms with Crippen LogP contribution in [0.25, 0.3) is 10.9 Å². The van der Waals surface area contributed by atoms with Crippen LogP contribution in [0.1, 0.15) is 5.56 Å². The molecule has 0 amide bonds. The Morgan fingerprint density at radius 2 is 2.06 bits per heavy atom. The first kappa shape index (κ1) is 12.3. The van der Waals surface area contributed by atoms with Gasteiger partial charge in [-0.15, -0.1) is 0 Å². The zero-order valence-electron chi connectivity index (χ0n) is 9.26. The van der Waals surface area contributed by atoms with Gasteiger partial charge in [-0.25, -0.2) is 0 Å². The summed E-state index contributed by atoms with van der Waals surface area (Å²) >= 11 is 0. The van der Waals surface area contributed by atoms with E-state index in [1.807, 2.05) is 30.5 Å². The molecule has 0 fully saturated rings. The second-order valence-corrected chi connectivity index (χ2v) is 5.58. The van der Waals surface area contributed by atoms with Gasteiger partial charge >= 0.3 is 7.60 Å². The van der Waals surface area contributed by atoms with Crippen molar-refractivity contribution in [2.75, 3.05) is 12.8 Å². The van der Waals surface area contributed by atoms with Crippen molar-refractivity contribution in [2.45, 2.75) is 6.42 Å². The van der Waals surface area contributed by atoms with Crippen LogP contribution < -0.4 is 5.32 Å². The summed E-state index contributed by atoms with van der Waals surface area (Å²) in [5, 5.41) is 3.91. The molecule has 17 heavy (non-hydrogen) atoms. The minimum atomic E-state index is -3.94. The van der Waals surface area contributed by atoms with Gasteiger partial charge in [-0.1, -0.05) is 18.2 Å². The third-order valence-corrected chi connectivity index (χ3v) is 3.20. The van der Waals surface area contributed by atoms with Gasteiger partial charge in [0.1, 0.15) is 0 Å². The normalized spacial score (nSPS) is 12.1. The van der Waals surface area contributed by atoms with Crippen LogP contribution in [0, 0.1) is 0 Å². The van der Waals surface area contributed by atoms with Crippen LogP contribution in [0.2, 0.25) is 0 Å². The van der Waals surface area contributed by atoms with Crippen LogP contribution in [-0.4, -0.2) is 27.6 Å². The van der Waals surface area contributed by atoms with Crippen LogP contribution in [-0.2, 0) is 11.0 Å². The van der Waals surface area contributed by atoms with Crippen LogP contribution in [0.4, 0.5) is 0 Å². The van der Waals surface area contributed by atoms with Gasteiger partial charge in [0.25, 0.3) is 0 Å². The number of rotatable bonds is 5. The number of para-hydroxylation sites is 1. The Morgan fingerprint density at radius 1 is 1.29 bits per heavy atom. The van der Waals surface area contributed by atoms with Gasteiger partial charge < -0.3 is 20.1 Å². The molecule has 0 unspecified atom stereocenters. The van der Waals surface area contributed by atoms with Crippen molar-refractivity contribution in [1.29, 1.82) is 0 Å². The average molecular weight is 254 g/mol.